The van der Waals surface area contributed by atoms with E-state index in [-0.39, 0.29) is 0 Å². The highest BCUT2D eigenvalue weighted by molar-refractivity contribution is 6.03. The predicted octanol–water partition coefficient (Wildman–Crippen LogP) is 3.69. The standard InChI is InChI=1S/C18H15NO3/c1-22-16-8-7-13(14-9-10-19-18(14)16)15(11-17(20)21)12-5-3-2-4-6-12/h2-11,19H,1H3,(H,20,21). The number of carboxylic acid groups (broad SMARTS) is 1. The first-order valence-electron chi connectivity index (χ1n) is 6.85. The number of carbonyl (C=O) groups is 1. The fraction of sp³-hybridized carbons (Fsp3) is 0.0556. The fourth-order valence-corrected chi connectivity index (χ4v) is 2.59. The number of aliphatic carboxylic acids is 1. The maximum absolute atomic E-state index is 11.2. The van der Waals surface area contributed by atoms with E-state index < -0.39 is 5.97 Å². The van der Waals surface area contributed by atoms with Gasteiger partial charge in [-0.25, -0.2) is 4.79 Å². The molecule has 3 rings (SSSR count). The highest BCUT2D eigenvalue weighted by Gasteiger charge is 2.13. The lowest BCUT2D eigenvalue weighted by atomic mass is 9.94. The van der Waals surface area contributed by atoms with Crippen LogP contribution in [0.1, 0.15) is 11.1 Å². The molecule has 2 N–H and O–H groups in total. The lowest BCUT2D eigenvalue weighted by Crippen LogP contribution is -1.96. The molecule has 0 spiro atoms. The van der Waals surface area contributed by atoms with E-state index in [9.17, 15) is 9.90 Å². The summed E-state index contributed by atoms with van der Waals surface area (Å²) >= 11 is 0. The van der Waals surface area contributed by atoms with E-state index in [1.165, 1.54) is 6.08 Å². The Kier molecular flexibility index (Phi) is 3.66. The van der Waals surface area contributed by atoms with Gasteiger partial charge in [0.25, 0.3) is 0 Å². The van der Waals surface area contributed by atoms with Crippen molar-refractivity contribution in [2.24, 2.45) is 0 Å². The summed E-state index contributed by atoms with van der Waals surface area (Å²) in [6.07, 6.45) is 3.06. The fourth-order valence-electron chi connectivity index (χ4n) is 2.59. The van der Waals surface area contributed by atoms with Crippen LogP contribution in [0.4, 0.5) is 0 Å². The zero-order chi connectivity index (χ0) is 15.5. The largest absolute Gasteiger partial charge is 0.495 e. The Hall–Kier alpha value is -3.01. The third-order valence-electron chi connectivity index (χ3n) is 3.55. The number of carboxylic acids is 1. The second-order valence-electron chi connectivity index (χ2n) is 4.84. The Balaban J connectivity index is 2.26. The number of hydrogen-bond donors (Lipinski definition) is 2. The summed E-state index contributed by atoms with van der Waals surface area (Å²) in [6, 6.07) is 15.1. The molecule has 0 fully saturated rings. The number of nitrogens with one attached hydrogen (secondary N) is 1. The van der Waals surface area contributed by atoms with Crippen molar-refractivity contribution >= 4 is 22.4 Å². The minimum atomic E-state index is -0.974. The van der Waals surface area contributed by atoms with Crippen molar-refractivity contribution in [2.45, 2.75) is 0 Å². The second-order valence-corrected chi connectivity index (χ2v) is 4.84. The van der Waals surface area contributed by atoms with Gasteiger partial charge in [0.2, 0.25) is 0 Å². The maximum atomic E-state index is 11.2. The molecule has 0 radical (unpaired) electrons. The summed E-state index contributed by atoms with van der Waals surface area (Å²) in [5.74, 6) is -0.246. The van der Waals surface area contributed by atoms with Gasteiger partial charge in [0.05, 0.1) is 12.6 Å². The van der Waals surface area contributed by atoms with E-state index in [0.29, 0.717) is 5.57 Å². The molecule has 0 aliphatic heterocycles. The van der Waals surface area contributed by atoms with Gasteiger partial charge in [0.15, 0.2) is 0 Å². The summed E-state index contributed by atoms with van der Waals surface area (Å²) in [5, 5.41) is 10.1. The van der Waals surface area contributed by atoms with Gasteiger partial charge in [-0.15, -0.1) is 0 Å². The number of benzene rings is 2. The van der Waals surface area contributed by atoms with Gasteiger partial charge in [0, 0.05) is 17.7 Å². The molecule has 2 aromatic carbocycles. The van der Waals surface area contributed by atoms with Crippen molar-refractivity contribution in [1.29, 1.82) is 0 Å². The number of H-pyrrole nitrogens is 1. The molecule has 0 amide bonds. The number of aromatic nitrogens is 1. The molecule has 0 saturated carbocycles. The van der Waals surface area contributed by atoms with E-state index in [1.54, 1.807) is 7.11 Å². The third-order valence-corrected chi connectivity index (χ3v) is 3.55. The van der Waals surface area contributed by atoms with Crippen molar-refractivity contribution in [2.75, 3.05) is 7.11 Å². The maximum Gasteiger partial charge on any atom is 0.328 e. The van der Waals surface area contributed by atoms with Crippen LogP contribution in [0.15, 0.2) is 60.8 Å². The topological polar surface area (TPSA) is 62.3 Å². The van der Waals surface area contributed by atoms with E-state index in [1.807, 2.05) is 54.7 Å². The first-order chi connectivity index (χ1) is 10.7. The van der Waals surface area contributed by atoms with Crippen LogP contribution >= 0.6 is 0 Å². The Bertz CT molecular complexity index is 847. The molecule has 4 nitrogen and oxygen atoms in total. The molecule has 0 bridgehead atoms. The Morgan fingerprint density at radius 1 is 1.14 bits per heavy atom. The van der Waals surface area contributed by atoms with Crippen molar-refractivity contribution in [3.63, 3.8) is 0 Å². The molecule has 4 heteroatoms. The quantitative estimate of drug-likeness (QED) is 0.721. The van der Waals surface area contributed by atoms with Crippen molar-refractivity contribution in [3.05, 3.63) is 71.9 Å². The van der Waals surface area contributed by atoms with Gasteiger partial charge in [0.1, 0.15) is 5.75 Å². The summed E-state index contributed by atoms with van der Waals surface area (Å²) < 4.78 is 5.34. The number of ether oxygens (including phenoxy) is 1. The van der Waals surface area contributed by atoms with Crippen LogP contribution < -0.4 is 4.74 Å². The van der Waals surface area contributed by atoms with E-state index in [0.717, 1.165) is 27.8 Å². The molecule has 0 aliphatic rings. The summed E-state index contributed by atoms with van der Waals surface area (Å²) in [6.45, 7) is 0. The number of hydrogen-bond acceptors (Lipinski definition) is 2. The Morgan fingerprint density at radius 2 is 1.91 bits per heavy atom. The zero-order valence-corrected chi connectivity index (χ0v) is 12.0. The van der Waals surface area contributed by atoms with Gasteiger partial charge >= 0.3 is 5.97 Å². The molecule has 0 unspecified atom stereocenters. The molecular formula is C18H15NO3. The first-order valence-corrected chi connectivity index (χ1v) is 6.85. The van der Waals surface area contributed by atoms with Gasteiger partial charge in [-0.2, -0.15) is 0 Å². The Morgan fingerprint density at radius 3 is 2.59 bits per heavy atom. The second kappa shape index (κ2) is 5.77. The minimum Gasteiger partial charge on any atom is -0.495 e. The molecule has 3 aromatic rings. The van der Waals surface area contributed by atoms with Crippen LogP contribution in [-0.2, 0) is 4.79 Å². The minimum absolute atomic E-state index is 0.667. The molecular weight excluding hydrogens is 278 g/mol. The molecule has 1 aromatic heterocycles. The zero-order valence-electron chi connectivity index (χ0n) is 12.0. The van der Waals surface area contributed by atoms with Gasteiger partial charge in [-0.3, -0.25) is 0 Å². The monoisotopic (exact) mass is 293 g/mol. The van der Waals surface area contributed by atoms with Crippen LogP contribution in [0.5, 0.6) is 5.75 Å². The summed E-state index contributed by atoms with van der Waals surface area (Å²) in [7, 11) is 1.61. The van der Waals surface area contributed by atoms with E-state index in [2.05, 4.69) is 4.98 Å². The van der Waals surface area contributed by atoms with Crippen molar-refractivity contribution in [1.82, 2.24) is 4.98 Å². The lowest BCUT2D eigenvalue weighted by molar-refractivity contribution is -0.131. The summed E-state index contributed by atoms with van der Waals surface area (Å²) in [5.41, 5.74) is 3.23. The van der Waals surface area contributed by atoms with Crippen LogP contribution in [-0.4, -0.2) is 23.2 Å². The van der Waals surface area contributed by atoms with Gasteiger partial charge in [-0.05, 0) is 34.9 Å². The Labute approximate surface area is 127 Å². The number of fused-ring (bicyclic) bond motifs is 1. The molecule has 0 atom stereocenters. The van der Waals surface area contributed by atoms with Crippen LogP contribution in [0.2, 0.25) is 0 Å². The average Bonchev–Trinajstić information content (AvgIpc) is 3.02. The van der Waals surface area contributed by atoms with Crippen LogP contribution in [0.25, 0.3) is 16.5 Å². The van der Waals surface area contributed by atoms with Crippen molar-refractivity contribution < 1.29 is 14.6 Å². The summed E-state index contributed by atoms with van der Waals surface area (Å²) in [4.78, 5) is 14.4. The highest BCUT2D eigenvalue weighted by Crippen LogP contribution is 2.34. The first kappa shape index (κ1) is 13.9. The normalized spacial score (nSPS) is 11.6. The highest BCUT2D eigenvalue weighted by atomic mass is 16.5. The molecule has 0 aliphatic carbocycles. The smallest absolute Gasteiger partial charge is 0.328 e. The van der Waals surface area contributed by atoms with Gasteiger partial charge in [-0.1, -0.05) is 30.3 Å². The SMILES string of the molecule is COc1ccc(C(=CC(=O)O)c2ccccc2)c2cc[nH]c12. The molecule has 110 valence electrons. The van der Waals surface area contributed by atoms with Gasteiger partial charge < -0.3 is 14.8 Å². The van der Waals surface area contributed by atoms with Crippen LogP contribution in [0, 0.1) is 0 Å². The predicted molar refractivity (Wildman–Crippen MR) is 86.0 cm³/mol. The number of rotatable bonds is 4. The molecule has 0 saturated heterocycles. The van der Waals surface area contributed by atoms with E-state index in [4.69, 9.17) is 4.74 Å². The third kappa shape index (κ3) is 2.46. The molecule has 1 heterocycles. The number of aromatic amines is 1. The number of methoxy groups -OCH3 is 1. The van der Waals surface area contributed by atoms with Crippen LogP contribution in [0.3, 0.4) is 0 Å². The van der Waals surface area contributed by atoms with E-state index >= 15 is 0 Å². The average molecular weight is 293 g/mol. The molecule has 22 heavy (non-hydrogen) atoms. The van der Waals surface area contributed by atoms with Crippen molar-refractivity contribution in [3.8, 4) is 5.75 Å². The lowest BCUT2D eigenvalue weighted by Gasteiger charge is -2.11.